The number of oxazole rings is 1. The molecule has 0 unspecified atom stereocenters. The summed E-state index contributed by atoms with van der Waals surface area (Å²) in [4.78, 5) is 9.00. The summed E-state index contributed by atoms with van der Waals surface area (Å²) >= 11 is 0. The number of imidazole rings is 1. The van der Waals surface area contributed by atoms with Crippen LogP contribution >= 0.6 is 0 Å². The van der Waals surface area contributed by atoms with Gasteiger partial charge in [-0.15, -0.1) is 0 Å². The van der Waals surface area contributed by atoms with Crippen molar-refractivity contribution in [3.8, 4) is 11.5 Å². The SMILES string of the molecule is Cc1ccccc1-c1nc(Cn2ccnc2C(C)C)co1. The summed E-state index contributed by atoms with van der Waals surface area (Å²) in [6, 6.07) is 8.11. The second kappa shape index (κ2) is 5.56. The second-order valence-corrected chi connectivity index (χ2v) is 5.53. The van der Waals surface area contributed by atoms with Gasteiger partial charge in [0.2, 0.25) is 5.89 Å². The molecule has 0 aliphatic rings. The zero-order valence-electron chi connectivity index (χ0n) is 12.6. The Bertz CT molecular complexity index is 740. The molecular weight excluding hydrogens is 262 g/mol. The molecule has 0 saturated carbocycles. The van der Waals surface area contributed by atoms with E-state index < -0.39 is 0 Å². The van der Waals surface area contributed by atoms with Crippen LogP contribution in [0.3, 0.4) is 0 Å². The maximum absolute atomic E-state index is 5.64. The molecule has 0 aliphatic heterocycles. The fraction of sp³-hybridized carbons (Fsp3) is 0.294. The molecule has 3 rings (SSSR count). The first-order valence-corrected chi connectivity index (χ1v) is 7.16. The largest absolute Gasteiger partial charge is 0.444 e. The van der Waals surface area contributed by atoms with Crippen LogP contribution in [0.4, 0.5) is 0 Å². The average Bonchev–Trinajstić information content (AvgIpc) is 3.09. The lowest BCUT2D eigenvalue weighted by molar-refractivity contribution is 0.570. The van der Waals surface area contributed by atoms with E-state index in [4.69, 9.17) is 4.42 Å². The molecule has 0 saturated heterocycles. The molecule has 0 bridgehead atoms. The van der Waals surface area contributed by atoms with Crippen molar-refractivity contribution >= 4 is 0 Å². The number of aromatic nitrogens is 3. The van der Waals surface area contributed by atoms with E-state index in [0.717, 1.165) is 22.6 Å². The van der Waals surface area contributed by atoms with Crippen molar-refractivity contribution < 1.29 is 4.42 Å². The number of hydrogen-bond acceptors (Lipinski definition) is 3. The Labute approximate surface area is 124 Å². The molecule has 4 heteroatoms. The van der Waals surface area contributed by atoms with Gasteiger partial charge >= 0.3 is 0 Å². The van der Waals surface area contributed by atoms with Crippen LogP contribution in [0.15, 0.2) is 47.3 Å². The van der Waals surface area contributed by atoms with E-state index in [1.54, 1.807) is 6.26 Å². The monoisotopic (exact) mass is 281 g/mol. The van der Waals surface area contributed by atoms with Crippen molar-refractivity contribution in [3.05, 3.63) is 60.0 Å². The van der Waals surface area contributed by atoms with Crippen LogP contribution in [0.1, 0.15) is 36.8 Å². The van der Waals surface area contributed by atoms with Crippen LogP contribution in [0.25, 0.3) is 11.5 Å². The minimum absolute atomic E-state index is 0.391. The number of hydrogen-bond donors (Lipinski definition) is 0. The lowest BCUT2D eigenvalue weighted by atomic mass is 10.1. The smallest absolute Gasteiger partial charge is 0.226 e. The van der Waals surface area contributed by atoms with E-state index in [0.29, 0.717) is 18.4 Å². The average molecular weight is 281 g/mol. The Kier molecular flexibility index (Phi) is 3.60. The van der Waals surface area contributed by atoms with E-state index in [-0.39, 0.29) is 0 Å². The topological polar surface area (TPSA) is 43.9 Å². The quantitative estimate of drug-likeness (QED) is 0.725. The van der Waals surface area contributed by atoms with Crippen LogP contribution in [-0.2, 0) is 6.54 Å². The fourth-order valence-electron chi connectivity index (χ4n) is 2.45. The summed E-state index contributed by atoms with van der Waals surface area (Å²) in [5, 5.41) is 0. The highest BCUT2D eigenvalue weighted by molar-refractivity contribution is 5.58. The first-order chi connectivity index (χ1) is 10.1. The lowest BCUT2D eigenvalue weighted by Crippen LogP contribution is -2.06. The molecule has 0 amide bonds. The van der Waals surface area contributed by atoms with Gasteiger partial charge in [0.1, 0.15) is 12.1 Å². The van der Waals surface area contributed by atoms with Gasteiger partial charge in [-0.1, -0.05) is 32.0 Å². The van der Waals surface area contributed by atoms with E-state index in [1.807, 2.05) is 30.6 Å². The molecule has 3 aromatic rings. The number of benzene rings is 1. The van der Waals surface area contributed by atoms with Crippen LogP contribution in [-0.4, -0.2) is 14.5 Å². The molecule has 21 heavy (non-hydrogen) atoms. The van der Waals surface area contributed by atoms with Crippen molar-refractivity contribution in [2.75, 3.05) is 0 Å². The van der Waals surface area contributed by atoms with E-state index in [9.17, 15) is 0 Å². The van der Waals surface area contributed by atoms with Gasteiger partial charge in [-0.3, -0.25) is 0 Å². The third kappa shape index (κ3) is 2.75. The first kappa shape index (κ1) is 13.6. The first-order valence-electron chi connectivity index (χ1n) is 7.16. The summed E-state index contributed by atoms with van der Waals surface area (Å²) in [7, 11) is 0. The van der Waals surface area contributed by atoms with Crippen LogP contribution in [0.5, 0.6) is 0 Å². The van der Waals surface area contributed by atoms with Crippen molar-refractivity contribution in [2.24, 2.45) is 0 Å². The van der Waals surface area contributed by atoms with Crippen molar-refractivity contribution in [1.29, 1.82) is 0 Å². The van der Waals surface area contributed by atoms with Crippen molar-refractivity contribution in [3.63, 3.8) is 0 Å². The van der Waals surface area contributed by atoms with Gasteiger partial charge in [0.15, 0.2) is 0 Å². The fourth-order valence-corrected chi connectivity index (χ4v) is 2.45. The minimum atomic E-state index is 0.391. The summed E-state index contributed by atoms with van der Waals surface area (Å²) in [5.41, 5.74) is 3.11. The van der Waals surface area contributed by atoms with Gasteiger partial charge in [0.05, 0.1) is 12.2 Å². The van der Waals surface area contributed by atoms with Gasteiger partial charge in [-0.25, -0.2) is 9.97 Å². The van der Waals surface area contributed by atoms with Gasteiger partial charge in [-0.2, -0.15) is 0 Å². The number of nitrogens with zero attached hydrogens (tertiary/aromatic N) is 3. The van der Waals surface area contributed by atoms with E-state index >= 15 is 0 Å². The maximum Gasteiger partial charge on any atom is 0.226 e. The molecule has 0 aliphatic carbocycles. The Balaban J connectivity index is 1.86. The van der Waals surface area contributed by atoms with Crippen LogP contribution in [0, 0.1) is 6.92 Å². The molecule has 1 aromatic carbocycles. The van der Waals surface area contributed by atoms with Gasteiger partial charge < -0.3 is 8.98 Å². The Hall–Kier alpha value is -2.36. The van der Waals surface area contributed by atoms with Crippen LogP contribution < -0.4 is 0 Å². The highest BCUT2D eigenvalue weighted by atomic mass is 16.3. The number of aryl methyl sites for hydroxylation is 1. The lowest BCUT2D eigenvalue weighted by Gasteiger charge is -2.08. The van der Waals surface area contributed by atoms with E-state index in [1.165, 1.54) is 0 Å². The molecule has 0 spiro atoms. The molecule has 2 heterocycles. The van der Waals surface area contributed by atoms with E-state index in [2.05, 4.69) is 41.4 Å². The molecule has 0 atom stereocenters. The minimum Gasteiger partial charge on any atom is -0.444 e. The molecule has 4 nitrogen and oxygen atoms in total. The standard InChI is InChI=1S/C17H19N3O/c1-12(2)16-18-8-9-20(16)10-14-11-21-17(19-14)15-7-5-4-6-13(15)3/h4-9,11-12H,10H2,1-3H3. The highest BCUT2D eigenvalue weighted by Gasteiger charge is 2.12. The molecule has 2 aromatic heterocycles. The molecule has 0 radical (unpaired) electrons. The molecule has 0 fully saturated rings. The van der Waals surface area contributed by atoms with Crippen LogP contribution in [0.2, 0.25) is 0 Å². The summed E-state index contributed by atoms with van der Waals surface area (Å²) in [5.74, 6) is 2.13. The van der Waals surface area contributed by atoms with Crippen molar-refractivity contribution in [1.82, 2.24) is 14.5 Å². The third-order valence-electron chi connectivity index (χ3n) is 3.52. The summed E-state index contributed by atoms with van der Waals surface area (Å²) < 4.78 is 7.75. The third-order valence-corrected chi connectivity index (χ3v) is 3.52. The molecule has 108 valence electrons. The maximum atomic E-state index is 5.64. The van der Waals surface area contributed by atoms with Crippen molar-refractivity contribution in [2.45, 2.75) is 33.2 Å². The predicted molar refractivity (Wildman–Crippen MR) is 82.1 cm³/mol. The zero-order chi connectivity index (χ0) is 14.8. The second-order valence-electron chi connectivity index (χ2n) is 5.53. The summed E-state index contributed by atoms with van der Waals surface area (Å²) in [6.45, 7) is 7.02. The molecular formula is C17H19N3O. The van der Waals surface area contributed by atoms with Gasteiger partial charge in [0.25, 0.3) is 0 Å². The Morgan fingerprint density at radius 2 is 2.05 bits per heavy atom. The van der Waals surface area contributed by atoms with Gasteiger partial charge in [0, 0.05) is 23.9 Å². The summed E-state index contributed by atoms with van der Waals surface area (Å²) in [6.07, 6.45) is 5.54. The zero-order valence-corrected chi connectivity index (χ0v) is 12.6. The Morgan fingerprint density at radius 1 is 1.24 bits per heavy atom. The molecule has 0 N–H and O–H groups in total. The predicted octanol–water partition coefficient (Wildman–Crippen LogP) is 4.02. The van der Waals surface area contributed by atoms with Gasteiger partial charge in [-0.05, 0) is 18.6 Å². The normalized spacial score (nSPS) is 11.2. The number of rotatable bonds is 4. The highest BCUT2D eigenvalue weighted by Crippen LogP contribution is 2.23. The Morgan fingerprint density at radius 3 is 2.81 bits per heavy atom.